The Kier molecular flexibility index (Phi) is 3.87. The Morgan fingerprint density at radius 1 is 1.29 bits per heavy atom. The van der Waals surface area contributed by atoms with Gasteiger partial charge in [0.2, 0.25) is 5.95 Å². The molecule has 0 atom stereocenters. The number of halogens is 2. The van der Waals surface area contributed by atoms with Crippen LogP contribution in [-0.2, 0) is 0 Å². The van der Waals surface area contributed by atoms with Gasteiger partial charge in [-0.1, -0.05) is 0 Å². The molecule has 0 spiro atoms. The van der Waals surface area contributed by atoms with E-state index in [-0.39, 0.29) is 11.0 Å². The number of nitrogens with zero attached hydrogens (tertiary/aromatic N) is 3. The summed E-state index contributed by atoms with van der Waals surface area (Å²) in [5.74, 6) is 4.80. The van der Waals surface area contributed by atoms with Crippen LogP contribution in [0.15, 0.2) is 39.1 Å². The molecule has 0 aromatic carbocycles. The topological polar surface area (TPSA) is 76.7 Å². The molecule has 0 saturated heterocycles. The molecule has 0 unspecified atom stereocenters. The van der Waals surface area contributed by atoms with Gasteiger partial charge in [-0.2, -0.15) is 0 Å². The molecule has 2 rings (SSSR count). The number of hydrogen-bond donors (Lipinski definition) is 2. The SMILES string of the molecule is NNc1ncc(F)c(Sc2ccc(Br)cn2)n1. The molecule has 0 aliphatic heterocycles. The first-order valence-electron chi connectivity index (χ1n) is 4.47. The predicted molar refractivity (Wildman–Crippen MR) is 65.9 cm³/mol. The minimum atomic E-state index is -0.515. The van der Waals surface area contributed by atoms with Gasteiger partial charge in [-0.15, -0.1) is 0 Å². The summed E-state index contributed by atoms with van der Waals surface area (Å²) in [7, 11) is 0. The van der Waals surface area contributed by atoms with Crippen molar-refractivity contribution >= 4 is 33.6 Å². The number of hydrogen-bond acceptors (Lipinski definition) is 6. The molecular weight excluding hydrogens is 309 g/mol. The second-order valence-electron chi connectivity index (χ2n) is 2.91. The molecule has 0 aliphatic rings. The molecule has 17 heavy (non-hydrogen) atoms. The van der Waals surface area contributed by atoms with E-state index in [9.17, 15) is 4.39 Å². The first-order chi connectivity index (χ1) is 8.19. The van der Waals surface area contributed by atoms with E-state index in [1.807, 2.05) is 6.07 Å². The third-order valence-electron chi connectivity index (χ3n) is 1.74. The number of nitrogens with two attached hydrogens (primary N) is 1. The third kappa shape index (κ3) is 3.11. The van der Waals surface area contributed by atoms with Crippen molar-refractivity contribution in [2.75, 3.05) is 5.43 Å². The van der Waals surface area contributed by atoms with Gasteiger partial charge in [0.15, 0.2) is 5.82 Å². The summed E-state index contributed by atoms with van der Waals surface area (Å²) < 4.78 is 14.3. The van der Waals surface area contributed by atoms with Crippen molar-refractivity contribution in [3.8, 4) is 0 Å². The van der Waals surface area contributed by atoms with E-state index < -0.39 is 5.82 Å². The Morgan fingerprint density at radius 3 is 2.76 bits per heavy atom. The summed E-state index contributed by atoms with van der Waals surface area (Å²) in [6.07, 6.45) is 2.69. The molecule has 2 heterocycles. The highest BCUT2D eigenvalue weighted by Crippen LogP contribution is 2.27. The van der Waals surface area contributed by atoms with E-state index in [2.05, 4.69) is 36.3 Å². The van der Waals surface area contributed by atoms with Crippen LogP contribution in [0.3, 0.4) is 0 Å². The predicted octanol–water partition coefficient (Wildman–Crippen LogP) is 2.21. The molecule has 0 radical (unpaired) electrons. The third-order valence-corrected chi connectivity index (χ3v) is 3.14. The van der Waals surface area contributed by atoms with Crippen LogP contribution < -0.4 is 11.3 Å². The van der Waals surface area contributed by atoms with Crippen molar-refractivity contribution in [3.05, 3.63) is 34.8 Å². The molecule has 0 saturated carbocycles. The van der Waals surface area contributed by atoms with E-state index in [0.29, 0.717) is 5.03 Å². The van der Waals surface area contributed by atoms with Crippen molar-refractivity contribution < 1.29 is 4.39 Å². The fraction of sp³-hybridized carbons (Fsp3) is 0. The second kappa shape index (κ2) is 5.39. The number of hydrazine groups is 1. The molecular formula is C9H7BrFN5S. The molecule has 8 heteroatoms. The monoisotopic (exact) mass is 315 g/mol. The van der Waals surface area contributed by atoms with Gasteiger partial charge >= 0.3 is 0 Å². The van der Waals surface area contributed by atoms with Crippen molar-refractivity contribution in [1.82, 2.24) is 15.0 Å². The van der Waals surface area contributed by atoms with E-state index in [1.54, 1.807) is 12.3 Å². The van der Waals surface area contributed by atoms with Crippen LogP contribution in [0.4, 0.5) is 10.3 Å². The van der Waals surface area contributed by atoms with Crippen LogP contribution in [0.2, 0.25) is 0 Å². The van der Waals surface area contributed by atoms with Crippen molar-refractivity contribution in [2.45, 2.75) is 10.1 Å². The van der Waals surface area contributed by atoms with Crippen LogP contribution in [-0.4, -0.2) is 15.0 Å². The number of nitrogen functional groups attached to an aromatic ring is 1. The van der Waals surface area contributed by atoms with Crippen LogP contribution in [0.5, 0.6) is 0 Å². The van der Waals surface area contributed by atoms with Crippen molar-refractivity contribution in [3.63, 3.8) is 0 Å². The fourth-order valence-corrected chi connectivity index (χ4v) is 1.97. The van der Waals surface area contributed by atoms with Gasteiger partial charge in [0, 0.05) is 10.7 Å². The standard InChI is InChI=1S/C9H7BrFN5S/c10-5-1-2-7(13-3-5)17-8-6(11)4-14-9(15-8)16-12/h1-4H,12H2,(H,14,15,16). The summed E-state index contributed by atoms with van der Waals surface area (Å²) in [6, 6.07) is 3.57. The summed E-state index contributed by atoms with van der Waals surface area (Å²) in [5.41, 5.74) is 2.26. The Labute approximate surface area is 109 Å². The van der Waals surface area contributed by atoms with Crippen molar-refractivity contribution in [1.29, 1.82) is 0 Å². The Hall–Kier alpha value is -1.25. The number of anilines is 1. The molecule has 3 N–H and O–H groups in total. The number of nitrogens with one attached hydrogen (secondary N) is 1. The zero-order valence-corrected chi connectivity index (χ0v) is 10.8. The molecule has 0 aliphatic carbocycles. The van der Waals surface area contributed by atoms with Crippen LogP contribution in [0.25, 0.3) is 0 Å². The lowest BCUT2D eigenvalue weighted by Crippen LogP contribution is -2.11. The van der Waals surface area contributed by atoms with Gasteiger partial charge in [-0.3, -0.25) is 5.43 Å². The molecule has 2 aromatic heterocycles. The Morgan fingerprint density at radius 2 is 2.12 bits per heavy atom. The van der Waals surface area contributed by atoms with E-state index in [1.165, 1.54) is 0 Å². The molecule has 88 valence electrons. The molecule has 0 bridgehead atoms. The van der Waals surface area contributed by atoms with Gasteiger partial charge in [0.05, 0.1) is 6.20 Å². The molecule has 0 amide bonds. The zero-order chi connectivity index (χ0) is 12.3. The summed E-state index contributed by atoms with van der Waals surface area (Å²) >= 11 is 4.37. The summed E-state index contributed by atoms with van der Waals surface area (Å²) in [4.78, 5) is 11.7. The van der Waals surface area contributed by atoms with E-state index in [0.717, 1.165) is 22.4 Å². The summed E-state index contributed by atoms with van der Waals surface area (Å²) in [5, 5.41) is 0.802. The second-order valence-corrected chi connectivity index (χ2v) is 4.83. The zero-order valence-electron chi connectivity index (χ0n) is 8.39. The van der Waals surface area contributed by atoms with Crippen LogP contribution in [0.1, 0.15) is 0 Å². The Balaban J connectivity index is 2.25. The molecule has 5 nitrogen and oxygen atoms in total. The minimum Gasteiger partial charge on any atom is -0.292 e. The number of rotatable bonds is 3. The first kappa shape index (κ1) is 12.2. The lowest BCUT2D eigenvalue weighted by Gasteiger charge is -2.03. The van der Waals surface area contributed by atoms with Crippen LogP contribution in [0, 0.1) is 5.82 Å². The molecule has 0 fully saturated rings. The highest BCUT2D eigenvalue weighted by molar-refractivity contribution is 9.10. The van der Waals surface area contributed by atoms with E-state index in [4.69, 9.17) is 5.84 Å². The maximum Gasteiger partial charge on any atom is 0.238 e. The minimum absolute atomic E-state index is 0.158. The average Bonchev–Trinajstić information content (AvgIpc) is 2.35. The van der Waals surface area contributed by atoms with Gasteiger partial charge in [-0.05, 0) is 39.8 Å². The maximum atomic E-state index is 13.4. The Bertz CT molecular complexity index is 521. The van der Waals surface area contributed by atoms with E-state index >= 15 is 0 Å². The first-order valence-corrected chi connectivity index (χ1v) is 6.08. The largest absolute Gasteiger partial charge is 0.292 e. The number of aromatic nitrogens is 3. The van der Waals surface area contributed by atoms with Gasteiger partial charge in [0.25, 0.3) is 0 Å². The lowest BCUT2D eigenvalue weighted by atomic mass is 10.5. The average molecular weight is 316 g/mol. The summed E-state index contributed by atoms with van der Waals surface area (Å²) in [6.45, 7) is 0. The maximum absolute atomic E-state index is 13.4. The smallest absolute Gasteiger partial charge is 0.238 e. The van der Waals surface area contributed by atoms with Crippen LogP contribution >= 0.6 is 27.7 Å². The van der Waals surface area contributed by atoms with Gasteiger partial charge in [-0.25, -0.2) is 25.2 Å². The van der Waals surface area contributed by atoms with Gasteiger partial charge in [0.1, 0.15) is 10.1 Å². The molecule has 2 aromatic rings. The quantitative estimate of drug-likeness (QED) is 0.514. The number of pyridine rings is 1. The highest BCUT2D eigenvalue weighted by atomic mass is 79.9. The fourth-order valence-electron chi connectivity index (χ4n) is 1.01. The normalized spacial score (nSPS) is 10.3. The van der Waals surface area contributed by atoms with Gasteiger partial charge < -0.3 is 0 Å². The highest BCUT2D eigenvalue weighted by Gasteiger charge is 2.09. The lowest BCUT2D eigenvalue weighted by molar-refractivity contribution is 0.580. The van der Waals surface area contributed by atoms with Crippen molar-refractivity contribution in [2.24, 2.45) is 5.84 Å².